The Bertz CT molecular complexity index is 122. The van der Waals surface area contributed by atoms with Gasteiger partial charge in [-0.1, -0.05) is 26.2 Å². The quantitative estimate of drug-likeness (QED) is 0.627. The van der Waals surface area contributed by atoms with Crippen molar-refractivity contribution in [3.05, 3.63) is 0 Å². The highest BCUT2D eigenvalue weighted by Crippen LogP contribution is 2.28. The van der Waals surface area contributed by atoms with Gasteiger partial charge in [0, 0.05) is 6.04 Å². The molecule has 1 nitrogen and oxygen atoms in total. The van der Waals surface area contributed by atoms with Crippen molar-refractivity contribution in [2.45, 2.75) is 52.0 Å². The highest BCUT2D eigenvalue weighted by Gasteiger charge is 2.19. The van der Waals surface area contributed by atoms with Gasteiger partial charge in [-0.2, -0.15) is 0 Å². The summed E-state index contributed by atoms with van der Waals surface area (Å²) in [5.41, 5.74) is 0. The molecule has 12 heavy (non-hydrogen) atoms. The van der Waals surface area contributed by atoms with E-state index < -0.39 is 0 Å². The van der Waals surface area contributed by atoms with Gasteiger partial charge in [-0.05, 0) is 38.6 Å². The Morgan fingerprint density at radius 2 is 1.92 bits per heavy atom. The highest BCUT2D eigenvalue weighted by molar-refractivity contribution is 4.75. The monoisotopic (exact) mass is 169 g/mol. The van der Waals surface area contributed by atoms with E-state index in [9.17, 15) is 0 Å². The van der Waals surface area contributed by atoms with Gasteiger partial charge in [0.1, 0.15) is 0 Å². The van der Waals surface area contributed by atoms with Crippen LogP contribution in [0.1, 0.15) is 46.0 Å². The minimum absolute atomic E-state index is 0.718. The molecule has 1 N–H and O–H groups in total. The predicted octanol–water partition coefficient (Wildman–Crippen LogP) is 2.81. The molecule has 1 fully saturated rings. The summed E-state index contributed by atoms with van der Waals surface area (Å²) in [7, 11) is 2.08. The minimum atomic E-state index is 0.718. The Kier molecular flexibility index (Phi) is 4.07. The van der Waals surface area contributed by atoms with E-state index in [0.717, 1.165) is 17.9 Å². The van der Waals surface area contributed by atoms with Crippen molar-refractivity contribution in [1.82, 2.24) is 5.32 Å². The Morgan fingerprint density at radius 3 is 2.58 bits per heavy atom. The maximum absolute atomic E-state index is 3.38. The fourth-order valence-electron chi connectivity index (χ4n) is 2.25. The lowest BCUT2D eigenvalue weighted by atomic mass is 9.93. The fraction of sp³-hybridized carbons (Fsp3) is 1.00. The average molecular weight is 169 g/mol. The van der Waals surface area contributed by atoms with Gasteiger partial charge in [-0.3, -0.25) is 0 Å². The first-order valence-electron chi connectivity index (χ1n) is 5.41. The van der Waals surface area contributed by atoms with E-state index in [-0.39, 0.29) is 0 Å². The molecule has 1 aliphatic rings. The average Bonchev–Trinajstić information content (AvgIpc) is 2.29. The molecule has 0 aliphatic heterocycles. The van der Waals surface area contributed by atoms with Crippen LogP contribution < -0.4 is 5.32 Å². The fourth-order valence-corrected chi connectivity index (χ4v) is 2.25. The summed E-state index contributed by atoms with van der Waals surface area (Å²) in [6, 6.07) is 0.718. The molecular weight excluding hydrogens is 146 g/mol. The first-order valence-corrected chi connectivity index (χ1v) is 5.41. The van der Waals surface area contributed by atoms with E-state index in [1.54, 1.807) is 0 Å². The van der Waals surface area contributed by atoms with E-state index in [2.05, 4.69) is 26.2 Å². The molecule has 3 atom stereocenters. The number of hydrogen-bond donors (Lipinski definition) is 1. The Hall–Kier alpha value is -0.0400. The van der Waals surface area contributed by atoms with Crippen LogP contribution in [0.15, 0.2) is 0 Å². The SMILES string of the molecule is CNC(C)C1CCCC(C)CC1. The molecule has 1 rings (SSSR count). The van der Waals surface area contributed by atoms with Crippen molar-refractivity contribution in [3.8, 4) is 0 Å². The number of hydrogen-bond acceptors (Lipinski definition) is 1. The summed E-state index contributed by atoms with van der Waals surface area (Å²) in [6.45, 7) is 4.72. The molecule has 0 bridgehead atoms. The molecule has 1 aliphatic carbocycles. The van der Waals surface area contributed by atoms with Gasteiger partial charge in [0.15, 0.2) is 0 Å². The lowest BCUT2D eigenvalue weighted by molar-refractivity contribution is 0.350. The van der Waals surface area contributed by atoms with Crippen molar-refractivity contribution >= 4 is 0 Å². The first-order chi connectivity index (χ1) is 5.74. The third-order valence-electron chi connectivity index (χ3n) is 3.46. The standard InChI is InChI=1S/C11H23N/c1-9-5-4-6-11(8-7-9)10(2)12-3/h9-12H,4-8H2,1-3H3. The summed E-state index contributed by atoms with van der Waals surface area (Å²) >= 11 is 0. The summed E-state index contributed by atoms with van der Waals surface area (Å²) in [5.74, 6) is 1.90. The number of rotatable bonds is 2. The van der Waals surface area contributed by atoms with Gasteiger partial charge < -0.3 is 5.32 Å². The lowest BCUT2D eigenvalue weighted by Crippen LogP contribution is -2.30. The maximum atomic E-state index is 3.38. The first kappa shape index (κ1) is 10.0. The van der Waals surface area contributed by atoms with Crippen LogP contribution in [0.5, 0.6) is 0 Å². The van der Waals surface area contributed by atoms with E-state index in [1.165, 1.54) is 32.1 Å². The summed E-state index contributed by atoms with van der Waals surface area (Å²) < 4.78 is 0. The highest BCUT2D eigenvalue weighted by atomic mass is 14.9. The largest absolute Gasteiger partial charge is 0.317 e. The molecule has 0 saturated heterocycles. The molecule has 0 aromatic heterocycles. The second kappa shape index (κ2) is 4.86. The van der Waals surface area contributed by atoms with Crippen molar-refractivity contribution in [3.63, 3.8) is 0 Å². The normalized spacial score (nSPS) is 34.2. The van der Waals surface area contributed by atoms with Crippen LogP contribution in [-0.2, 0) is 0 Å². The van der Waals surface area contributed by atoms with Gasteiger partial charge in [0.2, 0.25) is 0 Å². The Balaban J connectivity index is 2.35. The van der Waals surface area contributed by atoms with Gasteiger partial charge in [-0.15, -0.1) is 0 Å². The van der Waals surface area contributed by atoms with Gasteiger partial charge >= 0.3 is 0 Å². The van der Waals surface area contributed by atoms with Crippen LogP contribution in [0.25, 0.3) is 0 Å². The van der Waals surface area contributed by atoms with E-state index >= 15 is 0 Å². The molecule has 0 aromatic rings. The summed E-state index contributed by atoms with van der Waals surface area (Å²) in [6.07, 6.45) is 7.21. The second-order valence-corrected chi connectivity index (χ2v) is 4.45. The van der Waals surface area contributed by atoms with Crippen LogP contribution >= 0.6 is 0 Å². The number of nitrogens with one attached hydrogen (secondary N) is 1. The molecule has 72 valence electrons. The third kappa shape index (κ3) is 2.78. The maximum Gasteiger partial charge on any atom is 0.00639 e. The molecule has 3 unspecified atom stereocenters. The molecular formula is C11H23N. The second-order valence-electron chi connectivity index (χ2n) is 4.45. The molecule has 1 saturated carbocycles. The van der Waals surface area contributed by atoms with Crippen LogP contribution in [0.4, 0.5) is 0 Å². The van der Waals surface area contributed by atoms with Crippen molar-refractivity contribution < 1.29 is 0 Å². The predicted molar refractivity (Wildman–Crippen MR) is 54.3 cm³/mol. The smallest absolute Gasteiger partial charge is 0.00639 e. The van der Waals surface area contributed by atoms with Crippen molar-refractivity contribution in [1.29, 1.82) is 0 Å². The van der Waals surface area contributed by atoms with Crippen molar-refractivity contribution in [2.75, 3.05) is 7.05 Å². The Labute approximate surface area is 76.9 Å². The van der Waals surface area contributed by atoms with E-state index in [4.69, 9.17) is 0 Å². The molecule has 1 heteroatoms. The molecule has 0 spiro atoms. The van der Waals surface area contributed by atoms with Gasteiger partial charge in [0.25, 0.3) is 0 Å². The van der Waals surface area contributed by atoms with Crippen LogP contribution in [0.2, 0.25) is 0 Å². The zero-order valence-corrected chi connectivity index (χ0v) is 8.77. The van der Waals surface area contributed by atoms with Crippen LogP contribution in [0.3, 0.4) is 0 Å². The van der Waals surface area contributed by atoms with E-state index in [1.807, 2.05) is 0 Å². The zero-order valence-electron chi connectivity index (χ0n) is 8.77. The topological polar surface area (TPSA) is 12.0 Å². The van der Waals surface area contributed by atoms with Crippen LogP contribution in [0, 0.1) is 11.8 Å². The minimum Gasteiger partial charge on any atom is -0.317 e. The Morgan fingerprint density at radius 1 is 1.17 bits per heavy atom. The van der Waals surface area contributed by atoms with Gasteiger partial charge in [-0.25, -0.2) is 0 Å². The molecule has 0 heterocycles. The van der Waals surface area contributed by atoms with E-state index in [0.29, 0.717) is 0 Å². The summed E-state index contributed by atoms with van der Waals surface area (Å²) in [5, 5.41) is 3.38. The summed E-state index contributed by atoms with van der Waals surface area (Å²) in [4.78, 5) is 0. The zero-order chi connectivity index (χ0) is 8.97. The third-order valence-corrected chi connectivity index (χ3v) is 3.46. The van der Waals surface area contributed by atoms with Crippen molar-refractivity contribution in [2.24, 2.45) is 11.8 Å². The molecule has 0 radical (unpaired) electrons. The van der Waals surface area contributed by atoms with Crippen LogP contribution in [-0.4, -0.2) is 13.1 Å². The lowest BCUT2D eigenvalue weighted by Gasteiger charge is -2.21. The van der Waals surface area contributed by atoms with Gasteiger partial charge in [0.05, 0.1) is 0 Å². The molecule has 0 aromatic carbocycles. The molecule has 0 amide bonds.